The van der Waals surface area contributed by atoms with Crippen molar-refractivity contribution in [1.29, 1.82) is 0 Å². The first-order chi connectivity index (χ1) is 16.3. The molecule has 1 saturated heterocycles. The summed E-state index contributed by atoms with van der Waals surface area (Å²) in [6, 6.07) is 11.4. The minimum atomic E-state index is -4.44. The Balaban J connectivity index is 1.31. The number of hydrogen-bond donors (Lipinski definition) is 0. The molecule has 0 unspecified atom stereocenters. The zero-order chi connectivity index (χ0) is 23.9. The lowest BCUT2D eigenvalue weighted by Gasteiger charge is -2.35. The fourth-order valence-electron chi connectivity index (χ4n) is 3.83. The third kappa shape index (κ3) is 4.14. The Bertz CT molecular complexity index is 1330. The number of aromatic nitrogens is 5. The number of rotatable bonds is 3. The second-order valence-corrected chi connectivity index (χ2v) is 8.14. The van der Waals surface area contributed by atoms with E-state index in [0.29, 0.717) is 48.2 Å². The molecule has 0 aliphatic carbocycles. The third-order valence-electron chi connectivity index (χ3n) is 5.62. The zero-order valence-corrected chi connectivity index (χ0v) is 18.3. The molecule has 1 aliphatic heterocycles. The number of benzene rings is 2. The Hall–Kier alpha value is -3.73. The predicted octanol–water partition coefficient (Wildman–Crippen LogP) is 3.85. The Morgan fingerprint density at radius 3 is 2.24 bits per heavy atom. The van der Waals surface area contributed by atoms with Gasteiger partial charge < -0.3 is 9.80 Å². The van der Waals surface area contributed by atoms with Crippen molar-refractivity contribution in [2.75, 3.05) is 31.1 Å². The van der Waals surface area contributed by atoms with E-state index in [9.17, 15) is 18.0 Å². The number of anilines is 1. The van der Waals surface area contributed by atoms with Crippen molar-refractivity contribution in [1.82, 2.24) is 29.9 Å². The first kappa shape index (κ1) is 22.1. The van der Waals surface area contributed by atoms with E-state index < -0.39 is 11.7 Å². The van der Waals surface area contributed by atoms with Gasteiger partial charge in [0.25, 0.3) is 5.91 Å². The molecular formula is C22H17ClF3N7O. The van der Waals surface area contributed by atoms with Crippen LogP contribution >= 0.6 is 11.6 Å². The van der Waals surface area contributed by atoms with E-state index in [1.807, 2.05) is 17.0 Å². The highest BCUT2D eigenvalue weighted by Crippen LogP contribution is 2.29. The normalized spacial score (nSPS) is 14.6. The highest BCUT2D eigenvalue weighted by atomic mass is 35.5. The second kappa shape index (κ2) is 8.56. The summed E-state index contributed by atoms with van der Waals surface area (Å²) in [5, 5.41) is 9.07. The van der Waals surface area contributed by atoms with E-state index in [4.69, 9.17) is 11.6 Å². The topological polar surface area (TPSA) is 80.0 Å². The summed E-state index contributed by atoms with van der Waals surface area (Å²) in [7, 11) is 0. The lowest BCUT2D eigenvalue weighted by Crippen LogP contribution is -2.49. The van der Waals surface area contributed by atoms with Crippen LogP contribution in [0.3, 0.4) is 0 Å². The van der Waals surface area contributed by atoms with Crippen LogP contribution in [0.5, 0.6) is 0 Å². The largest absolute Gasteiger partial charge is 0.416 e. The monoisotopic (exact) mass is 487 g/mol. The number of amides is 1. The summed E-state index contributed by atoms with van der Waals surface area (Å²) in [5.74, 6) is 0.293. The Morgan fingerprint density at radius 2 is 1.59 bits per heavy atom. The fraction of sp³-hybridized carbons (Fsp3) is 0.227. The van der Waals surface area contributed by atoms with Gasteiger partial charge in [0.1, 0.15) is 6.33 Å². The molecule has 1 fully saturated rings. The summed E-state index contributed by atoms with van der Waals surface area (Å²) < 4.78 is 39.9. The van der Waals surface area contributed by atoms with E-state index in [1.54, 1.807) is 21.7 Å². The number of hydrogen-bond acceptors (Lipinski definition) is 6. The van der Waals surface area contributed by atoms with Crippen LogP contribution in [-0.4, -0.2) is 61.9 Å². The first-order valence-corrected chi connectivity index (χ1v) is 10.7. The molecule has 2 aromatic heterocycles. The quantitative estimate of drug-likeness (QED) is 0.437. The summed E-state index contributed by atoms with van der Waals surface area (Å²) in [5.41, 5.74) is 1.25. The van der Waals surface area contributed by atoms with E-state index >= 15 is 0 Å². The number of alkyl halides is 3. The SMILES string of the molecule is O=C(c1ccc(C(F)(F)F)cc1)N1CCN(c2ncnc3c2nnn3-c2ccc(Cl)cc2)CC1. The molecule has 0 bridgehead atoms. The summed E-state index contributed by atoms with van der Waals surface area (Å²) in [6.07, 6.45) is -3.00. The number of carbonyl (C=O) groups excluding carboxylic acids is 1. The molecule has 0 radical (unpaired) electrons. The van der Waals surface area contributed by atoms with Crippen LogP contribution in [0.2, 0.25) is 5.02 Å². The van der Waals surface area contributed by atoms with E-state index in [-0.39, 0.29) is 11.5 Å². The van der Waals surface area contributed by atoms with Gasteiger partial charge in [0.15, 0.2) is 17.0 Å². The van der Waals surface area contributed by atoms with Gasteiger partial charge in [-0.3, -0.25) is 4.79 Å². The fourth-order valence-corrected chi connectivity index (χ4v) is 3.96. The van der Waals surface area contributed by atoms with E-state index in [1.165, 1.54) is 18.5 Å². The van der Waals surface area contributed by atoms with Crippen molar-refractivity contribution in [3.8, 4) is 5.69 Å². The molecule has 2 aromatic carbocycles. The van der Waals surface area contributed by atoms with Crippen LogP contribution < -0.4 is 4.90 Å². The molecule has 8 nitrogen and oxygen atoms in total. The maximum Gasteiger partial charge on any atom is 0.416 e. The van der Waals surface area contributed by atoms with Crippen molar-refractivity contribution < 1.29 is 18.0 Å². The first-order valence-electron chi connectivity index (χ1n) is 10.3. The number of fused-ring (bicyclic) bond motifs is 1. The maximum absolute atomic E-state index is 12.8. The van der Waals surface area contributed by atoms with Gasteiger partial charge in [-0.2, -0.15) is 17.9 Å². The zero-order valence-electron chi connectivity index (χ0n) is 17.6. The van der Waals surface area contributed by atoms with E-state index in [0.717, 1.165) is 17.8 Å². The van der Waals surface area contributed by atoms with Crippen LogP contribution in [0.1, 0.15) is 15.9 Å². The summed E-state index contributed by atoms with van der Waals surface area (Å²) >= 11 is 5.97. The second-order valence-electron chi connectivity index (χ2n) is 7.70. The van der Waals surface area contributed by atoms with Gasteiger partial charge in [0.05, 0.1) is 11.3 Å². The standard InChI is InChI=1S/C22H17ClF3N7O/c23-16-5-7-17(8-6-16)33-20-18(29-30-33)19(27-13-28-20)31-9-11-32(12-10-31)21(34)14-1-3-15(4-2-14)22(24,25)26/h1-8,13H,9-12H2. The molecule has 5 rings (SSSR count). The van der Waals surface area contributed by atoms with Crippen LogP contribution in [0.25, 0.3) is 16.9 Å². The highest BCUT2D eigenvalue weighted by molar-refractivity contribution is 6.30. The van der Waals surface area contributed by atoms with Crippen molar-refractivity contribution in [3.05, 3.63) is 71.0 Å². The van der Waals surface area contributed by atoms with Crippen LogP contribution in [0.15, 0.2) is 54.9 Å². The van der Waals surface area contributed by atoms with Gasteiger partial charge in [-0.15, -0.1) is 5.10 Å². The van der Waals surface area contributed by atoms with Gasteiger partial charge in [-0.1, -0.05) is 16.8 Å². The maximum atomic E-state index is 12.8. The molecule has 174 valence electrons. The Labute approximate surface area is 196 Å². The smallest absolute Gasteiger partial charge is 0.351 e. The van der Waals surface area contributed by atoms with Crippen LogP contribution in [-0.2, 0) is 6.18 Å². The van der Waals surface area contributed by atoms with Gasteiger partial charge >= 0.3 is 6.18 Å². The van der Waals surface area contributed by atoms with Crippen molar-refractivity contribution in [2.24, 2.45) is 0 Å². The highest BCUT2D eigenvalue weighted by Gasteiger charge is 2.31. The molecule has 34 heavy (non-hydrogen) atoms. The van der Waals surface area contributed by atoms with Gasteiger partial charge in [0.2, 0.25) is 0 Å². The van der Waals surface area contributed by atoms with Gasteiger partial charge in [0, 0.05) is 36.8 Å². The molecule has 12 heteroatoms. The van der Waals surface area contributed by atoms with Crippen molar-refractivity contribution >= 4 is 34.5 Å². The van der Waals surface area contributed by atoms with Gasteiger partial charge in [-0.25, -0.2) is 9.97 Å². The molecule has 1 aliphatic rings. The minimum Gasteiger partial charge on any atom is -0.351 e. The lowest BCUT2D eigenvalue weighted by molar-refractivity contribution is -0.137. The molecule has 0 saturated carbocycles. The molecule has 1 amide bonds. The van der Waals surface area contributed by atoms with Crippen LogP contribution in [0.4, 0.5) is 19.0 Å². The number of piperazine rings is 1. The Kier molecular flexibility index (Phi) is 5.56. The average molecular weight is 488 g/mol. The molecular weight excluding hydrogens is 471 g/mol. The van der Waals surface area contributed by atoms with E-state index in [2.05, 4.69) is 20.3 Å². The van der Waals surface area contributed by atoms with Crippen molar-refractivity contribution in [3.63, 3.8) is 0 Å². The predicted molar refractivity (Wildman–Crippen MR) is 119 cm³/mol. The summed E-state index contributed by atoms with van der Waals surface area (Å²) in [4.78, 5) is 25.1. The average Bonchev–Trinajstić information content (AvgIpc) is 3.28. The van der Waals surface area contributed by atoms with Crippen molar-refractivity contribution in [2.45, 2.75) is 6.18 Å². The Morgan fingerprint density at radius 1 is 0.912 bits per heavy atom. The van der Waals surface area contributed by atoms with Gasteiger partial charge in [-0.05, 0) is 48.5 Å². The number of halogens is 4. The molecule has 3 heterocycles. The third-order valence-corrected chi connectivity index (χ3v) is 5.87. The molecule has 4 aromatic rings. The van der Waals surface area contributed by atoms with Crippen LogP contribution in [0, 0.1) is 0 Å². The molecule has 0 N–H and O–H groups in total. The molecule has 0 atom stereocenters. The number of nitrogens with zero attached hydrogens (tertiary/aromatic N) is 7. The summed E-state index contributed by atoms with van der Waals surface area (Å²) in [6.45, 7) is 1.73. The lowest BCUT2D eigenvalue weighted by atomic mass is 10.1. The number of carbonyl (C=O) groups is 1. The minimum absolute atomic E-state index is 0.219. The molecule has 0 spiro atoms.